The SMILES string of the molecule is CN=C(NCCSC)NCC(c1cccc(C)c1)N1CCOCC1.I. The summed E-state index contributed by atoms with van der Waals surface area (Å²) in [4.78, 5) is 6.83. The minimum absolute atomic E-state index is 0. The van der Waals surface area contributed by atoms with Gasteiger partial charge in [0.25, 0.3) is 0 Å². The molecule has 1 aliphatic rings. The maximum absolute atomic E-state index is 5.52. The van der Waals surface area contributed by atoms with E-state index >= 15 is 0 Å². The molecule has 1 aromatic carbocycles. The zero-order valence-electron chi connectivity index (χ0n) is 15.5. The number of benzene rings is 1. The van der Waals surface area contributed by atoms with Crippen molar-refractivity contribution >= 4 is 41.7 Å². The molecule has 142 valence electrons. The lowest BCUT2D eigenvalue weighted by Gasteiger charge is -2.35. The Kier molecular flexibility index (Phi) is 11.5. The Morgan fingerprint density at radius 3 is 2.72 bits per heavy atom. The number of ether oxygens (including phenoxy) is 1. The van der Waals surface area contributed by atoms with Crippen LogP contribution < -0.4 is 10.6 Å². The van der Waals surface area contributed by atoms with Gasteiger partial charge in [-0.2, -0.15) is 11.8 Å². The van der Waals surface area contributed by atoms with Gasteiger partial charge in [-0.05, 0) is 18.7 Å². The molecule has 0 aromatic heterocycles. The number of rotatable bonds is 7. The number of hydrogen-bond acceptors (Lipinski definition) is 4. The molecule has 5 nitrogen and oxygen atoms in total. The standard InChI is InChI=1S/C18H30N4OS.HI/c1-15-5-4-6-16(13-15)17(22-8-10-23-11-9-22)14-21-18(19-2)20-7-12-24-3;/h4-6,13,17H,7-12,14H2,1-3H3,(H2,19,20,21);1H. The summed E-state index contributed by atoms with van der Waals surface area (Å²) in [6.45, 7) is 7.47. The largest absolute Gasteiger partial charge is 0.379 e. The highest BCUT2D eigenvalue weighted by Gasteiger charge is 2.22. The second-order valence-corrected chi connectivity index (χ2v) is 6.94. The van der Waals surface area contributed by atoms with Gasteiger partial charge in [0.2, 0.25) is 0 Å². The molecule has 2 rings (SSSR count). The highest BCUT2D eigenvalue weighted by molar-refractivity contribution is 14.0. The van der Waals surface area contributed by atoms with E-state index < -0.39 is 0 Å². The topological polar surface area (TPSA) is 48.9 Å². The molecule has 0 saturated carbocycles. The highest BCUT2D eigenvalue weighted by atomic mass is 127. The first-order valence-electron chi connectivity index (χ1n) is 8.56. The molecule has 1 aromatic rings. The van der Waals surface area contributed by atoms with E-state index in [2.05, 4.69) is 58.0 Å². The van der Waals surface area contributed by atoms with Crippen LogP contribution in [0.5, 0.6) is 0 Å². The van der Waals surface area contributed by atoms with Gasteiger partial charge >= 0.3 is 0 Å². The fraction of sp³-hybridized carbons (Fsp3) is 0.611. The fourth-order valence-corrected chi connectivity index (χ4v) is 3.22. The number of aliphatic imine (C=N–C) groups is 1. The average Bonchev–Trinajstić information content (AvgIpc) is 2.61. The molecular weight excluding hydrogens is 447 g/mol. The van der Waals surface area contributed by atoms with Gasteiger partial charge < -0.3 is 15.4 Å². The van der Waals surface area contributed by atoms with Crippen LogP contribution in [-0.2, 0) is 4.74 Å². The smallest absolute Gasteiger partial charge is 0.191 e. The highest BCUT2D eigenvalue weighted by Crippen LogP contribution is 2.22. The van der Waals surface area contributed by atoms with Crippen LogP contribution in [0.25, 0.3) is 0 Å². The summed E-state index contributed by atoms with van der Waals surface area (Å²) < 4.78 is 5.52. The summed E-state index contributed by atoms with van der Waals surface area (Å²) in [5.41, 5.74) is 2.65. The predicted molar refractivity (Wildman–Crippen MR) is 119 cm³/mol. The van der Waals surface area contributed by atoms with Crippen LogP contribution >= 0.6 is 35.7 Å². The van der Waals surface area contributed by atoms with E-state index in [0.29, 0.717) is 6.04 Å². The first-order valence-corrected chi connectivity index (χ1v) is 9.95. The zero-order chi connectivity index (χ0) is 17.2. The van der Waals surface area contributed by atoms with Crippen molar-refractivity contribution in [2.45, 2.75) is 13.0 Å². The Balaban J connectivity index is 0.00000312. The summed E-state index contributed by atoms with van der Waals surface area (Å²) >= 11 is 1.83. The van der Waals surface area contributed by atoms with Crippen molar-refractivity contribution in [1.29, 1.82) is 0 Å². The van der Waals surface area contributed by atoms with Crippen molar-refractivity contribution in [1.82, 2.24) is 15.5 Å². The number of nitrogens with zero attached hydrogens (tertiary/aromatic N) is 2. The zero-order valence-corrected chi connectivity index (χ0v) is 18.6. The van der Waals surface area contributed by atoms with Gasteiger partial charge in [0.05, 0.1) is 19.3 Å². The van der Waals surface area contributed by atoms with Gasteiger partial charge in [0.15, 0.2) is 5.96 Å². The fourth-order valence-electron chi connectivity index (χ4n) is 2.91. The first kappa shape index (κ1) is 22.5. The summed E-state index contributed by atoms with van der Waals surface area (Å²) in [5.74, 6) is 1.95. The Bertz CT molecular complexity index is 524. The van der Waals surface area contributed by atoms with E-state index in [1.54, 1.807) is 0 Å². The summed E-state index contributed by atoms with van der Waals surface area (Å²) in [5, 5.41) is 6.86. The van der Waals surface area contributed by atoms with E-state index in [9.17, 15) is 0 Å². The van der Waals surface area contributed by atoms with Crippen molar-refractivity contribution < 1.29 is 4.74 Å². The van der Waals surface area contributed by atoms with Crippen molar-refractivity contribution in [3.63, 3.8) is 0 Å². The van der Waals surface area contributed by atoms with E-state index in [4.69, 9.17) is 4.74 Å². The maximum atomic E-state index is 5.52. The third-order valence-corrected chi connectivity index (χ3v) is 4.81. The Hall–Kier alpha value is -0.510. The molecule has 0 amide bonds. The number of guanidine groups is 1. The van der Waals surface area contributed by atoms with Gasteiger partial charge in [-0.1, -0.05) is 29.8 Å². The third-order valence-electron chi connectivity index (χ3n) is 4.20. The van der Waals surface area contributed by atoms with Crippen LogP contribution in [0, 0.1) is 6.92 Å². The minimum Gasteiger partial charge on any atom is -0.379 e. The van der Waals surface area contributed by atoms with E-state index in [0.717, 1.165) is 51.1 Å². The average molecular weight is 478 g/mol. The van der Waals surface area contributed by atoms with Crippen molar-refractivity contribution in [3.8, 4) is 0 Å². The molecule has 0 bridgehead atoms. The number of morpholine rings is 1. The molecule has 0 aliphatic carbocycles. The van der Waals surface area contributed by atoms with E-state index in [-0.39, 0.29) is 24.0 Å². The molecule has 1 fully saturated rings. The molecule has 0 radical (unpaired) electrons. The van der Waals surface area contributed by atoms with Gasteiger partial charge in [-0.3, -0.25) is 9.89 Å². The lowest BCUT2D eigenvalue weighted by atomic mass is 10.0. The summed E-state index contributed by atoms with van der Waals surface area (Å²) in [6.07, 6.45) is 2.12. The van der Waals surface area contributed by atoms with Gasteiger partial charge in [-0.15, -0.1) is 24.0 Å². The van der Waals surface area contributed by atoms with Crippen LogP contribution in [0.2, 0.25) is 0 Å². The number of aryl methyl sites for hydroxylation is 1. The molecule has 2 N–H and O–H groups in total. The van der Waals surface area contributed by atoms with Gasteiger partial charge in [0, 0.05) is 39.0 Å². The number of hydrogen-bond donors (Lipinski definition) is 2. The Labute approximate surface area is 173 Å². The second kappa shape index (κ2) is 12.8. The normalized spacial score (nSPS) is 16.8. The van der Waals surface area contributed by atoms with Crippen LogP contribution in [0.4, 0.5) is 0 Å². The lowest BCUT2D eigenvalue weighted by molar-refractivity contribution is 0.0170. The minimum atomic E-state index is 0. The van der Waals surface area contributed by atoms with Crippen molar-refractivity contribution in [2.24, 2.45) is 4.99 Å². The molecule has 1 atom stereocenters. The van der Waals surface area contributed by atoms with Crippen LogP contribution in [0.3, 0.4) is 0 Å². The monoisotopic (exact) mass is 478 g/mol. The molecule has 0 spiro atoms. The molecule has 25 heavy (non-hydrogen) atoms. The quantitative estimate of drug-likeness (QED) is 0.273. The van der Waals surface area contributed by atoms with Crippen molar-refractivity contribution in [2.75, 3.05) is 58.4 Å². The summed E-state index contributed by atoms with van der Waals surface area (Å²) in [7, 11) is 1.82. The summed E-state index contributed by atoms with van der Waals surface area (Å²) in [6, 6.07) is 9.12. The van der Waals surface area contributed by atoms with Crippen LogP contribution in [-0.4, -0.2) is 69.3 Å². The molecule has 1 unspecified atom stereocenters. The molecule has 7 heteroatoms. The Morgan fingerprint density at radius 2 is 2.08 bits per heavy atom. The first-order chi connectivity index (χ1) is 11.7. The van der Waals surface area contributed by atoms with Crippen molar-refractivity contribution in [3.05, 3.63) is 35.4 Å². The van der Waals surface area contributed by atoms with Crippen LogP contribution in [0.1, 0.15) is 17.2 Å². The maximum Gasteiger partial charge on any atom is 0.191 e. The number of halogens is 1. The Morgan fingerprint density at radius 1 is 1.32 bits per heavy atom. The molecular formula is C18H31IN4OS. The number of nitrogens with one attached hydrogen (secondary N) is 2. The van der Waals surface area contributed by atoms with E-state index in [1.807, 2.05) is 18.8 Å². The van der Waals surface area contributed by atoms with E-state index in [1.165, 1.54) is 11.1 Å². The van der Waals surface area contributed by atoms with Gasteiger partial charge in [0.1, 0.15) is 0 Å². The van der Waals surface area contributed by atoms with Gasteiger partial charge in [-0.25, -0.2) is 0 Å². The second-order valence-electron chi connectivity index (χ2n) is 5.95. The molecule has 1 saturated heterocycles. The predicted octanol–water partition coefficient (Wildman–Crippen LogP) is 2.51. The molecule has 1 heterocycles. The lowest BCUT2D eigenvalue weighted by Crippen LogP contribution is -2.46. The third kappa shape index (κ3) is 7.72. The molecule has 1 aliphatic heterocycles. The number of thioether (sulfide) groups is 1. The van der Waals surface area contributed by atoms with Crippen LogP contribution in [0.15, 0.2) is 29.3 Å².